The van der Waals surface area contributed by atoms with E-state index < -0.39 is 0 Å². The van der Waals surface area contributed by atoms with Crippen LogP contribution in [0.25, 0.3) is 22.2 Å². The Kier molecular flexibility index (Phi) is 5.22. The first-order valence-electron chi connectivity index (χ1n) is 10.7. The van der Waals surface area contributed by atoms with Crippen molar-refractivity contribution in [2.75, 3.05) is 25.0 Å². The molecule has 5 rings (SSSR count). The molecular formula is C22H25N9. The Morgan fingerprint density at radius 1 is 1.23 bits per heavy atom. The molecule has 4 aromatic rings. The van der Waals surface area contributed by atoms with Crippen LogP contribution in [0, 0.1) is 11.3 Å². The Bertz CT molecular complexity index is 1230. The second kappa shape index (κ2) is 8.32. The molecule has 9 nitrogen and oxygen atoms in total. The molecule has 0 radical (unpaired) electrons. The summed E-state index contributed by atoms with van der Waals surface area (Å²) in [4.78, 5) is 23.4. The van der Waals surface area contributed by atoms with Gasteiger partial charge in [0.1, 0.15) is 17.7 Å². The fourth-order valence-corrected chi connectivity index (χ4v) is 4.50. The third-order valence-electron chi connectivity index (χ3n) is 6.04. The number of likely N-dealkylation sites (tertiary alicyclic amines) is 1. The molecule has 1 atom stereocenters. The molecule has 0 bridgehead atoms. The first-order valence-corrected chi connectivity index (χ1v) is 10.7. The van der Waals surface area contributed by atoms with Crippen molar-refractivity contribution in [2.45, 2.75) is 38.3 Å². The largest absolute Gasteiger partial charge is 0.358 e. The average Bonchev–Trinajstić information content (AvgIpc) is 3.43. The molecule has 1 saturated heterocycles. The number of hydrogen-bond acceptors (Lipinski definition) is 7. The topological polar surface area (TPSA) is 111 Å². The fourth-order valence-electron chi connectivity index (χ4n) is 4.50. The van der Waals surface area contributed by atoms with E-state index in [0.29, 0.717) is 23.9 Å². The first kappa shape index (κ1) is 19.5. The lowest BCUT2D eigenvalue weighted by Gasteiger charge is -2.33. The van der Waals surface area contributed by atoms with Crippen molar-refractivity contribution < 1.29 is 0 Å². The van der Waals surface area contributed by atoms with Crippen LogP contribution in [0.1, 0.15) is 44.1 Å². The van der Waals surface area contributed by atoms with Crippen LogP contribution in [-0.2, 0) is 0 Å². The van der Waals surface area contributed by atoms with E-state index >= 15 is 0 Å². The van der Waals surface area contributed by atoms with Gasteiger partial charge in [-0.25, -0.2) is 19.9 Å². The number of nitrogens with zero attached hydrogens (tertiary/aromatic N) is 7. The quantitative estimate of drug-likeness (QED) is 0.496. The Morgan fingerprint density at radius 3 is 2.90 bits per heavy atom. The second-order valence-electron chi connectivity index (χ2n) is 8.00. The normalized spacial score (nSPS) is 16.5. The van der Waals surface area contributed by atoms with Gasteiger partial charge in [0.15, 0.2) is 11.5 Å². The number of imidazole rings is 2. The number of nitrogens with one attached hydrogen (secondary N) is 2. The van der Waals surface area contributed by atoms with Gasteiger partial charge in [0.2, 0.25) is 0 Å². The third kappa shape index (κ3) is 3.70. The van der Waals surface area contributed by atoms with Gasteiger partial charge < -0.3 is 19.8 Å². The van der Waals surface area contributed by atoms with Gasteiger partial charge in [-0.05, 0) is 31.9 Å². The minimum absolute atomic E-state index is 0.0566. The highest BCUT2D eigenvalue weighted by molar-refractivity contribution is 5.82. The van der Waals surface area contributed by atoms with Gasteiger partial charge in [-0.2, -0.15) is 5.26 Å². The van der Waals surface area contributed by atoms with Gasteiger partial charge in [-0.1, -0.05) is 12.1 Å². The predicted molar refractivity (Wildman–Crippen MR) is 118 cm³/mol. The van der Waals surface area contributed by atoms with E-state index in [4.69, 9.17) is 10.2 Å². The summed E-state index contributed by atoms with van der Waals surface area (Å²) in [6.45, 7) is 4.96. The summed E-state index contributed by atoms with van der Waals surface area (Å²) >= 11 is 0. The van der Waals surface area contributed by atoms with Crippen LogP contribution >= 0.6 is 0 Å². The van der Waals surface area contributed by atoms with Gasteiger partial charge in [-0.15, -0.1) is 0 Å². The van der Waals surface area contributed by atoms with E-state index in [1.54, 1.807) is 6.33 Å². The number of anilines is 1. The highest BCUT2D eigenvalue weighted by atomic mass is 15.2. The highest BCUT2D eigenvalue weighted by Crippen LogP contribution is 2.32. The Balaban J connectivity index is 1.45. The van der Waals surface area contributed by atoms with E-state index in [2.05, 4.69) is 65.9 Å². The zero-order valence-electron chi connectivity index (χ0n) is 17.5. The molecule has 0 saturated carbocycles. The zero-order valence-corrected chi connectivity index (χ0v) is 17.5. The van der Waals surface area contributed by atoms with Gasteiger partial charge in [0.05, 0.1) is 29.5 Å². The summed E-state index contributed by atoms with van der Waals surface area (Å²) in [5.74, 6) is 1.70. The standard InChI is InChI=1S/C22H25N9/c1-15(28-21-19-20(25-13-24-19)26-14-27-21)22-29-17-5-2-3-6-18(17)31(22)16-7-11-30(12-8-16)10-4-9-23/h2-3,5-6,13-16H,4,7-8,10-12H2,1H3,(H2,24,25,26,27,28). The van der Waals surface area contributed by atoms with Crippen molar-refractivity contribution in [3.8, 4) is 6.07 Å². The molecule has 2 N–H and O–H groups in total. The maximum atomic E-state index is 8.88. The van der Waals surface area contributed by atoms with Crippen LogP contribution in [0.4, 0.5) is 5.82 Å². The number of H-pyrrole nitrogens is 1. The van der Waals surface area contributed by atoms with Crippen LogP contribution in [0.5, 0.6) is 0 Å². The number of piperidine rings is 1. The van der Waals surface area contributed by atoms with E-state index in [9.17, 15) is 0 Å². The van der Waals surface area contributed by atoms with Gasteiger partial charge in [0, 0.05) is 32.1 Å². The predicted octanol–water partition coefficient (Wildman–Crippen LogP) is 3.43. The molecule has 158 valence electrons. The summed E-state index contributed by atoms with van der Waals surface area (Å²) in [6.07, 6.45) is 5.84. The van der Waals surface area contributed by atoms with Gasteiger partial charge >= 0.3 is 0 Å². The van der Waals surface area contributed by atoms with Gasteiger partial charge in [0.25, 0.3) is 0 Å². The monoisotopic (exact) mass is 415 g/mol. The van der Waals surface area contributed by atoms with Crippen LogP contribution in [-0.4, -0.2) is 54.0 Å². The lowest BCUT2D eigenvalue weighted by atomic mass is 10.0. The number of para-hydroxylation sites is 2. The Morgan fingerprint density at radius 2 is 2.06 bits per heavy atom. The SMILES string of the molecule is CC(Nc1ncnc2[nH]cnc12)c1nc2ccccc2n1C1CCN(CCC#N)CC1. The van der Waals surface area contributed by atoms with Crippen LogP contribution in [0.15, 0.2) is 36.9 Å². The van der Waals surface area contributed by atoms with Crippen molar-refractivity contribution in [3.63, 3.8) is 0 Å². The van der Waals surface area contributed by atoms with E-state index in [1.165, 1.54) is 6.33 Å². The Hall–Kier alpha value is -3.51. The molecule has 0 aliphatic carbocycles. The van der Waals surface area contributed by atoms with Gasteiger partial charge in [-0.3, -0.25) is 0 Å². The molecule has 31 heavy (non-hydrogen) atoms. The van der Waals surface area contributed by atoms with Crippen LogP contribution in [0.3, 0.4) is 0 Å². The molecule has 1 fully saturated rings. The summed E-state index contributed by atoms with van der Waals surface area (Å²) in [6, 6.07) is 10.9. The highest BCUT2D eigenvalue weighted by Gasteiger charge is 2.26. The second-order valence-corrected chi connectivity index (χ2v) is 8.00. The molecule has 0 spiro atoms. The van der Waals surface area contributed by atoms with Crippen LogP contribution in [0.2, 0.25) is 0 Å². The number of aromatic amines is 1. The van der Waals surface area contributed by atoms with E-state index in [1.807, 2.05) is 6.07 Å². The molecule has 1 aliphatic heterocycles. The minimum Gasteiger partial charge on any atom is -0.358 e. The van der Waals surface area contributed by atoms with Crippen molar-refractivity contribution in [2.24, 2.45) is 0 Å². The minimum atomic E-state index is -0.0566. The number of hydrogen-bond donors (Lipinski definition) is 2. The molecule has 9 heteroatoms. The lowest BCUT2D eigenvalue weighted by Crippen LogP contribution is -2.35. The van der Waals surface area contributed by atoms with E-state index in [0.717, 1.165) is 54.9 Å². The first-order chi connectivity index (χ1) is 15.2. The summed E-state index contributed by atoms with van der Waals surface area (Å²) < 4.78 is 2.40. The van der Waals surface area contributed by atoms with Crippen LogP contribution < -0.4 is 5.32 Å². The van der Waals surface area contributed by atoms with Crippen molar-refractivity contribution in [3.05, 3.63) is 42.7 Å². The molecule has 1 aliphatic rings. The molecular weight excluding hydrogens is 390 g/mol. The lowest BCUT2D eigenvalue weighted by molar-refractivity contribution is 0.190. The number of fused-ring (bicyclic) bond motifs is 2. The molecule has 4 heterocycles. The number of rotatable bonds is 6. The summed E-state index contributed by atoms with van der Waals surface area (Å²) in [5, 5.41) is 12.4. The van der Waals surface area contributed by atoms with E-state index in [-0.39, 0.29) is 6.04 Å². The summed E-state index contributed by atoms with van der Waals surface area (Å²) in [5.41, 5.74) is 3.60. The number of aromatic nitrogens is 6. The molecule has 0 amide bonds. The maximum absolute atomic E-state index is 8.88. The van der Waals surface area contributed by atoms with Crippen molar-refractivity contribution >= 4 is 28.0 Å². The summed E-state index contributed by atoms with van der Waals surface area (Å²) in [7, 11) is 0. The maximum Gasteiger partial charge on any atom is 0.162 e. The Labute approximate surface area is 180 Å². The third-order valence-corrected chi connectivity index (χ3v) is 6.04. The average molecular weight is 416 g/mol. The smallest absolute Gasteiger partial charge is 0.162 e. The van der Waals surface area contributed by atoms with Crippen molar-refractivity contribution in [1.82, 2.24) is 34.4 Å². The molecule has 3 aromatic heterocycles. The molecule has 1 unspecified atom stereocenters. The zero-order chi connectivity index (χ0) is 21.2. The van der Waals surface area contributed by atoms with Crippen molar-refractivity contribution in [1.29, 1.82) is 5.26 Å². The number of nitriles is 1. The molecule has 1 aromatic carbocycles. The fraction of sp³-hybridized carbons (Fsp3) is 0.409. The number of benzene rings is 1.